The number of ether oxygens (including phenoxy) is 2. The number of thiophene rings is 1. The van der Waals surface area contributed by atoms with E-state index in [1.807, 2.05) is 47.8 Å². The van der Waals surface area contributed by atoms with Crippen LogP contribution in [0, 0.1) is 11.7 Å². The van der Waals surface area contributed by atoms with E-state index in [9.17, 15) is 9.18 Å². The molecule has 5 nitrogen and oxygen atoms in total. The van der Waals surface area contributed by atoms with Crippen LogP contribution in [0.4, 0.5) is 9.18 Å². The predicted molar refractivity (Wildman–Crippen MR) is 136 cm³/mol. The molecule has 3 aliphatic heterocycles. The van der Waals surface area contributed by atoms with Gasteiger partial charge < -0.3 is 19.3 Å². The number of hydrogen-bond acceptors (Lipinski definition) is 4. The Morgan fingerprint density at radius 3 is 2.60 bits per heavy atom. The quantitative estimate of drug-likeness (QED) is 0.299. The highest BCUT2D eigenvalue weighted by molar-refractivity contribution is 7.10. The lowest BCUT2D eigenvalue weighted by atomic mass is 9.83. The van der Waals surface area contributed by atoms with Crippen molar-refractivity contribution in [2.24, 2.45) is 5.92 Å². The molecule has 35 heavy (non-hydrogen) atoms. The molecule has 0 spiro atoms. The van der Waals surface area contributed by atoms with Gasteiger partial charge in [0.05, 0.1) is 32.8 Å². The number of fused-ring (bicyclic) bond motifs is 3. The Bertz CT molecular complexity index is 1130. The molecule has 7 heteroatoms. The molecule has 3 aliphatic rings. The topological polar surface area (TPSA) is 47.6 Å². The molecule has 0 radical (unpaired) electrons. The molecular weight excluding hydrogens is 463 g/mol. The maximum atomic E-state index is 14.2. The van der Waals surface area contributed by atoms with Crippen molar-refractivity contribution in [3.05, 3.63) is 76.7 Å². The summed E-state index contributed by atoms with van der Waals surface area (Å²) in [5.41, 5.74) is 1.37. The number of carbonyl (C=O) groups is 1. The van der Waals surface area contributed by atoms with Crippen LogP contribution in [0.3, 0.4) is 0 Å². The van der Waals surface area contributed by atoms with E-state index < -0.39 is 0 Å². The van der Waals surface area contributed by atoms with E-state index in [0.717, 1.165) is 66.1 Å². The van der Waals surface area contributed by atoms with Crippen molar-refractivity contribution < 1.29 is 23.1 Å². The van der Waals surface area contributed by atoms with Crippen LogP contribution in [0.1, 0.15) is 24.1 Å². The van der Waals surface area contributed by atoms with Crippen molar-refractivity contribution in [2.45, 2.75) is 31.9 Å². The van der Waals surface area contributed by atoms with E-state index in [0.29, 0.717) is 24.6 Å². The van der Waals surface area contributed by atoms with Gasteiger partial charge in [0.2, 0.25) is 0 Å². The molecule has 0 saturated carbocycles. The molecule has 1 atom stereocenters. The van der Waals surface area contributed by atoms with Gasteiger partial charge in [0, 0.05) is 41.2 Å². The van der Waals surface area contributed by atoms with E-state index in [1.54, 1.807) is 12.1 Å². The maximum Gasteiger partial charge on any atom is 0.407 e. The van der Waals surface area contributed by atoms with Gasteiger partial charge in [-0.25, -0.2) is 9.18 Å². The summed E-state index contributed by atoms with van der Waals surface area (Å²) in [6.07, 6.45) is 2.74. The number of para-hydroxylation sites is 1. The Kier molecular flexibility index (Phi) is 7.35. The minimum absolute atomic E-state index is 0.0538. The van der Waals surface area contributed by atoms with E-state index >= 15 is 0 Å². The zero-order valence-corrected chi connectivity index (χ0v) is 20.6. The summed E-state index contributed by atoms with van der Waals surface area (Å²) in [5.74, 6) is 1.09. The summed E-state index contributed by atoms with van der Waals surface area (Å²) in [7, 11) is 0. The molecule has 3 fully saturated rings. The van der Waals surface area contributed by atoms with E-state index in [1.165, 1.54) is 17.4 Å². The maximum absolute atomic E-state index is 14.2. The summed E-state index contributed by atoms with van der Waals surface area (Å²) < 4.78 is 27.1. The number of alkyl carbamates (subject to hydrolysis) is 1. The number of nitrogens with zero attached hydrogens (tertiary/aromatic N) is 1. The first kappa shape index (κ1) is 23.8. The standard InChI is InChI=1S/C28H31FN2O3S/c29-25-10-5-4-9-23(25)24-13-18-35-27(24)19-30-28(32)34-26-20-31(15-11-21(26)12-16-31)14-6-17-33-22-7-2-1-3-8-22/h1-5,7-10,13,18,21,26H,6,11-12,14-17,19-20H2/p+1. The Hall–Kier alpha value is -2.90. The summed E-state index contributed by atoms with van der Waals surface area (Å²) in [5, 5.41) is 4.83. The number of quaternary nitrogens is 1. The zero-order chi connectivity index (χ0) is 24.1. The van der Waals surface area contributed by atoms with Gasteiger partial charge in [-0.15, -0.1) is 11.3 Å². The highest BCUT2D eigenvalue weighted by atomic mass is 32.1. The van der Waals surface area contributed by atoms with E-state index in [4.69, 9.17) is 9.47 Å². The third kappa shape index (κ3) is 5.68. The minimum Gasteiger partial charge on any atom is -0.493 e. The van der Waals surface area contributed by atoms with Gasteiger partial charge in [-0.2, -0.15) is 0 Å². The largest absolute Gasteiger partial charge is 0.493 e. The van der Waals surface area contributed by atoms with Crippen molar-refractivity contribution in [1.82, 2.24) is 5.32 Å². The summed E-state index contributed by atoms with van der Waals surface area (Å²) in [6.45, 7) is 5.25. The third-order valence-corrected chi connectivity index (χ3v) is 8.31. The van der Waals surface area contributed by atoms with Gasteiger partial charge in [0.1, 0.15) is 18.1 Å². The fourth-order valence-electron chi connectivity index (χ4n) is 5.50. The SMILES string of the molecule is O=C(NCc1sccc1-c1ccccc1F)OC1C[N+]2(CCCOc3ccccc3)CCC1CC2. The van der Waals surface area contributed by atoms with Crippen molar-refractivity contribution in [2.75, 3.05) is 32.8 Å². The predicted octanol–water partition coefficient (Wildman–Crippen LogP) is 5.86. The van der Waals surface area contributed by atoms with Crippen molar-refractivity contribution in [3.8, 4) is 16.9 Å². The summed E-state index contributed by atoms with van der Waals surface area (Å²) in [4.78, 5) is 13.6. The van der Waals surface area contributed by atoms with Crippen molar-refractivity contribution >= 4 is 17.4 Å². The third-order valence-electron chi connectivity index (χ3n) is 7.39. The van der Waals surface area contributed by atoms with Crippen LogP contribution < -0.4 is 10.1 Å². The van der Waals surface area contributed by atoms with E-state index in [2.05, 4.69) is 5.32 Å². The van der Waals surface area contributed by atoms with Crippen LogP contribution in [-0.2, 0) is 11.3 Å². The van der Waals surface area contributed by atoms with Gasteiger partial charge >= 0.3 is 6.09 Å². The molecular formula is C28H32FN2O3S+. The van der Waals surface area contributed by atoms with Gasteiger partial charge in [-0.3, -0.25) is 0 Å². The molecule has 6 rings (SSSR count). The highest BCUT2D eigenvalue weighted by Gasteiger charge is 2.47. The molecule has 4 heterocycles. The van der Waals surface area contributed by atoms with Crippen LogP contribution in [0.2, 0.25) is 0 Å². The fourth-order valence-corrected chi connectivity index (χ4v) is 6.33. The number of rotatable bonds is 9. The van der Waals surface area contributed by atoms with Gasteiger partial charge in [0.15, 0.2) is 6.10 Å². The molecule has 1 unspecified atom stereocenters. The van der Waals surface area contributed by atoms with E-state index in [-0.39, 0.29) is 18.0 Å². The second-order valence-electron chi connectivity index (χ2n) is 9.58. The molecule has 3 aromatic rings. The minimum atomic E-state index is -0.387. The highest BCUT2D eigenvalue weighted by Crippen LogP contribution is 2.36. The van der Waals surface area contributed by atoms with Crippen molar-refractivity contribution in [1.29, 1.82) is 0 Å². The first-order chi connectivity index (χ1) is 17.1. The molecule has 3 saturated heterocycles. The number of halogens is 1. The first-order valence-electron chi connectivity index (χ1n) is 12.4. The molecule has 1 amide bonds. The lowest BCUT2D eigenvalue weighted by molar-refractivity contribution is -0.946. The average molecular weight is 496 g/mol. The molecule has 2 aromatic carbocycles. The van der Waals surface area contributed by atoms with Crippen LogP contribution in [0.25, 0.3) is 11.1 Å². The molecule has 2 bridgehead atoms. The second-order valence-corrected chi connectivity index (χ2v) is 10.6. The summed E-state index contributed by atoms with van der Waals surface area (Å²) >= 11 is 1.51. The van der Waals surface area contributed by atoms with Gasteiger partial charge in [0.25, 0.3) is 0 Å². The van der Waals surface area contributed by atoms with Gasteiger partial charge in [-0.1, -0.05) is 36.4 Å². The smallest absolute Gasteiger partial charge is 0.407 e. The fraction of sp³-hybridized carbons (Fsp3) is 0.393. The monoisotopic (exact) mass is 495 g/mol. The number of hydrogen-bond donors (Lipinski definition) is 1. The molecule has 1 N–H and O–H groups in total. The lowest BCUT2D eigenvalue weighted by Gasteiger charge is -2.52. The first-order valence-corrected chi connectivity index (χ1v) is 13.3. The number of benzene rings is 2. The van der Waals surface area contributed by atoms with Crippen LogP contribution in [0.5, 0.6) is 5.75 Å². The normalized spacial score (nSPS) is 23.1. The van der Waals surface area contributed by atoms with Gasteiger partial charge in [-0.05, 0) is 29.6 Å². The van der Waals surface area contributed by atoms with Crippen LogP contribution >= 0.6 is 11.3 Å². The Labute approximate surface area is 210 Å². The number of carbonyl (C=O) groups excluding carboxylic acids is 1. The molecule has 184 valence electrons. The zero-order valence-electron chi connectivity index (χ0n) is 19.8. The summed E-state index contributed by atoms with van der Waals surface area (Å²) in [6, 6.07) is 18.5. The molecule has 1 aromatic heterocycles. The molecule has 0 aliphatic carbocycles. The number of piperidine rings is 3. The average Bonchev–Trinajstić information content (AvgIpc) is 3.35. The Balaban J connectivity index is 1.12. The van der Waals surface area contributed by atoms with Crippen LogP contribution in [-0.4, -0.2) is 49.5 Å². The lowest BCUT2D eigenvalue weighted by Crippen LogP contribution is -2.65. The Morgan fingerprint density at radius 2 is 1.80 bits per heavy atom. The van der Waals surface area contributed by atoms with Crippen LogP contribution in [0.15, 0.2) is 66.0 Å². The number of amides is 1. The second kappa shape index (κ2) is 10.8. The van der Waals surface area contributed by atoms with Crippen molar-refractivity contribution in [3.63, 3.8) is 0 Å². The number of nitrogens with one attached hydrogen (secondary N) is 1. The Morgan fingerprint density at radius 1 is 1.03 bits per heavy atom.